The van der Waals surface area contributed by atoms with Gasteiger partial charge in [0.05, 0.1) is 0 Å². The van der Waals surface area contributed by atoms with E-state index in [1.54, 1.807) is 0 Å². The molecule has 2 aromatic heterocycles. The predicted molar refractivity (Wildman–Crippen MR) is 102 cm³/mol. The maximum absolute atomic E-state index is 4.67. The van der Waals surface area contributed by atoms with Gasteiger partial charge in [0.1, 0.15) is 11.6 Å². The van der Waals surface area contributed by atoms with E-state index in [0.29, 0.717) is 0 Å². The summed E-state index contributed by atoms with van der Waals surface area (Å²) in [7, 11) is 4.18. The third kappa shape index (κ3) is 5.03. The summed E-state index contributed by atoms with van der Waals surface area (Å²) < 4.78 is 0. The molecule has 3 rings (SSSR count). The minimum Gasteiger partial charge on any atom is -0.370 e. The van der Waals surface area contributed by atoms with Crippen LogP contribution in [0.3, 0.4) is 0 Å². The number of rotatable bonds is 7. The zero-order chi connectivity index (χ0) is 17.5. The maximum Gasteiger partial charge on any atom is 0.227 e. The van der Waals surface area contributed by atoms with E-state index in [0.717, 1.165) is 63.3 Å². The fraction of sp³-hybridized carbons (Fsp3) is 0.500. The molecule has 0 unspecified atom stereocenters. The smallest absolute Gasteiger partial charge is 0.227 e. The molecule has 2 aromatic rings. The Hall–Kier alpha value is -2.41. The first-order chi connectivity index (χ1) is 12.2. The molecule has 0 atom stereocenters. The summed E-state index contributed by atoms with van der Waals surface area (Å²) in [4.78, 5) is 20.3. The number of anilines is 3. The Balaban J connectivity index is 1.52. The normalized spacial score (nSPS) is 14.8. The van der Waals surface area contributed by atoms with Crippen LogP contribution in [0.4, 0.5) is 17.6 Å². The van der Waals surface area contributed by atoms with Crippen molar-refractivity contribution in [2.75, 3.05) is 68.5 Å². The molecule has 3 heterocycles. The van der Waals surface area contributed by atoms with E-state index in [-0.39, 0.29) is 0 Å². The van der Waals surface area contributed by atoms with Gasteiger partial charge in [0.15, 0.2) is 0 Å². The minimum absolute atomic E-state index is 0.804. The van der Waals surface area contributed by atoms with Gasteiger partial charge in [-0.05, 0) is 45.3 Å². The van der Waals surface area contributed by atoms with Gasteiger partial charge in [-0.3, -0.25) is 0 Å². The van der Waals surface area contributed by atoms with Crippen LogP contribution >= 0.6 is 0 Å². The molecule has 1 fully saturated rings. The molecule has 0 spiro atoms. The Morgan fingerprint density at radius 1 is 1.00 bits per heavy atom. The van der Waals surface area contributed by atoms with E-state index in [4.69, 9.17) is 0 Å². The third-order valence-corrected chi connectivity index (χ3v) is 4.27. The molecule has 0 saturated carbocycles. The molecule has 0 aliphatic carbocycles. The molecule has 7 nitrogen and oxygen atoms in total. The van der Waals surface area contributed by atoms with Crippen LogP contribution < -0.4 is 15.1 Å². The molecular formula is C18H27N7. The van der Waals surface area contributed by atoms with Crippen LogP contribution in [0.15, 0.2) is 36.7 Å². The summed E-state index contributed by atoms with van der Waals surface area (Å²) in [5.74, 6) is 2.74. The molecule has 1 saturated heterocycles. The quantitative estimate of drug-likeness (QED) is 0.767. The second kappa shape index (κ2) is 8.62. The standard InChI is InChI=1S/C18H27N7/c1-23(2)11-5-9-19-16-7-10-21-18(22-16)25-14-12-24(13-15-25)17-6-3-4-8-20-17/h3-4,6-8,10H,5,9,11-15H2,1-2H3,(H,19,21,22). The Bertz CT molecular complexity index is 639. The van der Waals surface area contributed by atoms with E-state index in [1.807, 2.05) is 30.6 Å². The van der Waals surface area contributed by atoms with Gasteiger partial charge in [0.25, 0.3) is 0 Å². The third-order valence-electron chi connectivity index (χ3n) is 4.27. The zero-order valence-electron chi connectivity index (χ0n) is 15.1. The van der Waals surface area contributed by atoms with Crippen molar-refractivity contribution in [1.29, 1.82) is 0 Å². The second-order valence-corrected chi connectivity index (χ2v) is 6.49. The van der Waals surface area contributed by atoms with Crippen molar-refractivity contribution < 1.29 is 0 Å². The molecule has 0 aromatic carbocycles. The van der Waals surface area contributed by atoms with Gasteiger partial charge >= 0.3 is 0 Å². The Morgan fingerprint density at radius 3 is 2.52 bits per heavy atom. The molecule has 1 aliphatic heterocycles. The summed E-state index contributed by atoms with van der Waals surface area (Å²) >= 11 is 0. The lowest BCUT2D eigenvalue weighted by molar-refractivity contribution is 0.405. The fourth-order valence-corrected chi connectivity index (χ4v) is 2.89. The largest absolute Gasteiger partial charge is 0.370 e. The van der Waals surface area contributed by atoms with Crippen molar-refractivity contribution in [3.8, 4) is 0 Å². The molecule has 0 radical (unpaired) electrons. The summed E-state index contributed by atoms with van der Waals surface area (Å²) in [6.45, 7) is 5.66. The SMILES string of the molecule is CN(C)CCCNc1ccnc(N2CCN(c3ccccn3)CC2)n1. The molecule has 134 valence electrons. The maximum atomic E-state index is 4.67. The van der Waals surface area contributed by atoms with Crippen LogP contribution in [-0.2, 0) is 0 Å². The van der Waals surface area contributed by atoms with E-state index < -0.39 is 0 Å². The van der Waals surface area contributed by atoms with Gasteiger partial charge < -0.3 is 20.0 Å². The van der Waals surface area contributed by atoms with Crippen molar-refractivity contribution >= 4 is 17.6 Å². The number of pyridine rings is 1. The first-order valence-electron chi connectivity index (χ1n) is 8.85. The highest BCUT2D eigenvalue weighted by Gasteiger charge is 2.19. The van der Waals surface area contributed by atoms with E-state index >= 15 is 0 Å². The van der Waals surface area contributed by atoms with Crippen molar-refractivity contribution in [1.82, 2.24) is 19.9 Å². The van der Waals surface area contributed by atoms with Gasteiger partial charge in [-0.2, -0.15) is 4.98 Å². The van der Waals surface area contributed by atoms with E-state index in [9.17, 15) is 0 Å². The highest BCUT2D eigenvalue weighted by Crippen LogP contribution is 2.17. The number of hydrogen-bond donors (Lipinski definition) is 1. The average Bonchev–Trinajstić information content (AvgIpc) is 2.66. The molecule has 1 N–H and O–H groups in total. The van der Waals surface area contributed by atoms with E-state index in [1.165, 1.54) is 0 Å². The molecule has 7 heteroatoms. The minimum atomic E-state index is 0.804. The van der Waals surface area contributed by atoms with Crippen molar-refractivity contribution in [2.45, 2.75) is 6.42 Å². The van der Waals surface area contributed by atoms with Gasteiger partial charge in [-0.15, -0.1) is 0 Å². The van der Waals surface area contributed by atoms with Crippen molar-refractivity contribution in [2.24, 2.45) is 0 Å². The lowest BCUT2D eigenvalue weighted by Gasteiger charge is -2.35. The molecule has 25 heavy (non-hydrogen) atoms. The van der Waals surface area contributed by atoms with Crippen molar-refractivity contribution in [3.05, 3.63) is 36.7 Å². The number of aromatic nitrogens is 3. The summed E-state index contributed by atoms with van der Waals surface area (Å²) in [5.41, 5.74) is 0. The first kappa shape index (κ1) is 17.4. The summed E-state index contributed by atoms with van der Waals surface area (Å²) in [6, 6.07) is 7.97. The lowest BCUT2D eigenvalue weighted by atomic mass is 10.3. The van der Waals surface area contributed by atoms with Crippen LogP contribution in [0.2, 0.25) is 0 Å². The molecular weight excluding hydrogens is 314 g/mol. The lowest BCUT2D eigenvalue weighted by Crippen LogP contribution is -2.47. The zero-order valence-corrected chi connectivity index (χ0v) is 15.1. The number of nitrogens with one attached hydrogen (secondary N) is 1. The molecule has 0 bridgehead atoms. The number of nitrogens with zero attached hydrogens (tertiary/aromatic N) is 6. The highest BCUT2D eigenvalue weighted by molar-refractivity contribution is 5.44. The Kier molecular flexibility index (Phi) is 6.00. The Morgan fingerprint density at radius 2 is 1.80 bits per heavy atom. The number of piperazine rings is 1. The van der Waals surface area contributed by atoms with Gasteiger partial charge in [0.2, 0.25) is 5.95 Å². The average molecular weight is 341 g/mol. The fourth-order valence-electron chi connectivity index (χ4n) is 2.89. The van der Waals surface area contributed by atoms with Crippen LogP contribution in [0, 0.1) is 0 Å². The van der Waals surface area contributed by atoms with Crippen LogP contribution in [0.25, 0.3) is 0 Å². The summed E-state index contributed by atoms with van der Waals surface area (Å²) in [6.07, 6.45) is 4.77. The monoisotopic (exact) mass is 341 g/mol. The first-order valence-corrected chi connectivity index (χ1v) is 8.85. The molecule has 0 amide bonds. The van der Waals surface area contributed by atoms with Crippen molar-refractivity contribution in [3.63, 3.8) is 0 Å². The predicted octanol–water partition coefficient (Wildman–Crippen LogP) is 1.56. The van der Waals surface area contributed by atoms with Crippen LogP contribution in [0.5, 0.6) is 0 Å². The van der Waals surface area contributed by atoms with Crippen LogP contribution in [0.1, 0.15) is 6.42 Å². The highest BCUT2D eigenvalue weighted by atomic mass is 15.3. The molecule has 1 aliphatic rings. The van der Waals surface area contributed by atoms with E-state index in [2.05, 4.69) is 55.1 Å². The van der Waals surface area contributed by atoms with Gasteiger partial charge in [-0.1, -0.05) is 6.07 Å². The van der Waals surface area contributed by atoms with Gasteiger partial charge in [0, 0.05) is 45.1 Å². The number of hydrogen-bond acceptors (Lipinski definition) is 7. The Labute approximate surface area is 149 Å². The topological polar surface area (TPSA) is 60.4 Å². The van der Waals surface area contributed by atoms with Crippen LogP contribution in [-0.4, -0.2) is 73.2 Å². The van der Waals surface area contributed by atoms with Gasteiger partial charge in [-0.25, -0.2) is 9.97 Å². The second-order valence-electron chi connectivity index (χ2n) is 6.49. The summed E-state index contributed by atoms with van der Waals surface area (Å²) in [5, 5.41) is 3.39.